The number of fused-ring (bicyclic) bond motifs is 1. The van der Waals surface area contributed by atoms with Crippen LogP contribution in [0, 0.1) is 13.8 Å². The summed E-state index contributed by atoms with van der Waals surface area (Å²) in [6.45, 7) is 4.34. The number of nitrogens with zero attached hydrogens (tertiary/aromatic N) is 3. The van der Waals surface area contributed by atoms with Gasteiger partial charge in [0.15, 0.2) is 0 Å². The van der Waals surface area contributed by atoms with Crippen molar-refractivity contribution in [2.24, 2.45) is 0 Å². The predicted molar refractivity (Wildman–Crippen MR) is 125 cm³/mol. The highest BCUT2D eigenvalue weighted by molar-refractivity contribution is 5.63. The van der Waals surface area contributed by atoms with Gasteiger partial charge in [-0.2, -0.15) is 0 Å². The number of rotatable bonds is 5. The lowest BCUT2D eigenvalue weighted by molar-refractivity contribution is 0.521. The van der Waals surface area contributed by atoms with Crippen LogP contribution in [0.4, 0.5) is 11.4 Å². The first kappa shape index (κ1) is 19.6. The van der Waals surface area contributed by atoms with Crippen LogP contribution in [0.25, 0.3) is 5.69 Å². The van der Waals surface area contributed by atoms with Crippen molar-refractivity contribution in [3.8, 4) is 5.69 Å². The summed E-state index contributed by atoms with van der Waals surface area (Å²) in [5, 5.41) is 0. The SMILES string of the molecule is Cc1ccc(C)c(-n2ccc(CCC3CCc4cc(N(C)C)ccc4N3C)c2)c1. The summed E-state index contributed by atoms with van der Waals surface area (Å²) < 4.78 is 2.28. The van der Waals surface area contributed by atoms with E-state index in [0.717, 1.165) is 6.42 Å². The van der Waals surface area contributed by atoms with E-state index >= 15 is 0 Å². The molecule has 0 amide bonds. The monoisotopic (exact) mass is 387 g/mol. The predicted octanol–water partition coefficient (Wildman–Crippen LogP) is 5.54. The van der Waals surface area contributed by atoms with Gasteiger partial charge in [-0.1, -0.05) is 12.1 Å². The van der Waals surface area contributed by atoms with Gasteiger partial charge in [0.25, 0.3) is 0 Å². The van der Waals surface area contributed by atoms with E-state index in [-0.39, 0.29) is 0 Å². The van der Waals surface area contributed by atoms with Crippen LogP contribution in [0.1, 0.15) is 35.1 Å². The molecular weight excluding hydrogens is 354 g/mol. The van der Waals surface area contributed by atoms with Crippen LogP contribution < -0.4 is 9.80 Å². The zero-order valence-electron chi connectivity index (χ0n) is 18.4. The minimum atomic E-state index is 0.608. The molecule has 3 heteroatoms. The molecule has 1 aliphatic rings. The Morgan fingerprint density at radius 1 is 1.00 bits per heavy atom. The first-order chi connectivity index (χ1) is 13.9. The van der Waals surface area contributed by atoms with Crippen molar-refractivity contribution in [3.63, 3.8) is 0 Å². The number of hydrogen-bond acceptors (Lipinski definition) is 2. The zero-order chi connectivity index (χ0) is 20.5. The Morgan fingerprint density at radius 3 is 2.62 bits per heavy atom. The van der Waals surface area contributed by atoms with E-state index in [9.17, 15) is 0 Å². The van der Waals surface area contributed by atoms with Crippen LogP contribution in [0.5, 0.6) is 0 Å². The molecule has 0 bridgehead atoms. The summed E-state index contributed by atoms with van der Waals surface area (Å²) in [6, 6.07) is 16.4. The highest BCUT2D eigenvalue weighted by Crippen LogP contribution is 2.33. The molecule has 3 nitrogen and oxygen atoms in total. The van der Waals surface area contributed by atoms with Gasteiger partial charge < -0.3 is 14.4 Å². The van der Waals surface area contributed by atoms with Gasteiger partial charge in [0.2, 0.25) is 0 Å². The topological polar surface area (TPSA) is 11.4 Å². The van der Waals surface area contributed by atoms with Crippen molar-refractivity contribution in [3.05, 3.63) is 77.1 Å². The minimum absolute atomic E-state index is 0.608. The summed E-state index contributed by atoms with van der Waals surface area (Å²) in [6.07, 6.45) is 9.25. The quantitative estimate of drug-likeness (QED) is 0.569. The molecule has 4 rings (SSSR count). The van der Waals surface area contributed by atoms with Crippen LogP contribution in [0.3, 0.4) is 0 Å². The van der Waals surface area contributed by atoms with Crippen LogP contribution in [0.2, 0.25) is 0 Å². The third kappa shape index (κ3) is 4.05. The second-order valence-electron chi connectivity index (χ2n) is 8.77. The van der Waals surface area contributed by atoms with Crippen molar-refractivity contribution in [1.82, 2.24) is 4.57 Å². The summed E-state index contributed by atoms with van der Waals surface area (Å²) >= 11 is 0. The maximum absolute atomic E-state index is 2.50. The van der Waals surface area contributed by atoms with E-state index in [4.69, 9.17) is 0 Å². The van der Waals surface area contributed by atoms with Crippen LogP contribution in [-0.2, 0) is 12.8 Å². The maximum atomic E-state index is 2.50. The Bertz CT molecular complexity index is 999. The Labute approximate surface area is 175 Å². The highest BCUT2D eigenvalue weighted by Gasteiger charge is 2.23. The van der Waals surface area contributed by atoms with Gasteiger partial charge in [-0.15, -0.1) is 0 Å². The molecule has 2 heterocycles. The van der Waals surface area contributed by atoms with Crippen molar-refractivity contribution >= 4 is 11.4 Å². The van der Waals surface area contributed by atoms with Crippen molar-refractivity contribution in [2.75, 3.05) is 30.9 Å². The number of aromatic nitrogens is 1. The first-order valence-electron chi connectivity index (χ1n) is 10.7. The minimum Gasteiger partial charge on any atom is -0.378 e. The summed E-state index contributed by atoms with van der Waals surface area (Å²) in [5.41, 5.74) is 9.52. The first-order valence-corrected chi connectivity index (χ1v) is 10.7. The van der Waals surface area contributed by atoms with Crippen molar-refractivity contribution in [1.29, 1.82) is 0 Å². The van der Waals surface area contributed by atoms with Crippen LogP contribution in [-0.4, -0.2) is 31.8 Å². The molecule has 1 unspecified atom stereocenters. The highest BCUT2D eigenvalue weighted by atomic mass is 15.1. The van der Waals surface area contributed by atoms with E-state index in [1.807, 2.05) is 0 Å². The molecule has 29 heavy (non-hydrogen) atoms. The molecule has 2 aromatic carbocycles. The van der Waals surface area contributed by atoms with E-state index in [0.29, 0.717) is 6.04 Å². The normalized spacial score (nSPS) is 16.0. The van der Waals surface area contributed by atoms with E-state index in [2.05, 4.69) is 104 Å². The van der Waals surface area contributed by atoms with Gasteiger partial charge in [-0.3, -0.25) is 0 Å². The van der Waals surface area contributed by atoms with Gasteiger partial charge in [0.05, 0.1) is 0 Å². The largest absolute Gasteiger partial charge is 0.378 e. The Morgan fingerprint density at radius 2 is 1.83 bits per heavy atom. The fourth-order valence-electron chi connectivity index (χ4n) is 4.51. The average molecular weight is 388 g/mol. The molecule has 1 atom stereocenters. The molecule has 3 aromatic rings. The average Bonchev–Trinajstić information content (AvgIpc) is 3.18. The molecule has 0 N–H and O–H groups in total. The Balaban J connectivity index is 1.44. The number of anilines is 2. The Kier molecular flexibility index (Phi) is 5.40. The van der Waals surface area contributed by atoms with Crippen LogP contribution in [0.15, 0.2) is 54.9 Å². The molecule has 0 radical (unpaired) electrons. The second kappa shape index (κ2) is 7.98. The summed E-state index contributed by atoms with van der Waals surface area (Å²) in [7, 11) is 6.49. The molecule has 1 aromatic heterocycles. The van der Waals surface area contributed by atoms with Gasteiger partial charge in [0, 0.05) is 56.6 Å². The molecular formula is C26H33N3. The summed E-state index contributed by atoms with van der Waals surface area (Å²) in [4.78, 5) is 4.69. The summed E-state index contributed by atoms with van der Waals surface area (Å²) in [5.74, 6) is 0. The molecule has 1 aliphatic heterocycles. The third-order valence-corrected chi connectivity index (χ3v) is 6.42. The molecule has 0 saturated carbocycles. The van der Waals surface area contributed by atoms with Crippen molar-refractivity contribution < 1.29 is 0 Å². The third-order valence-electron chi connectivity index (χ3n) is 6.42. The van der Waals surface area contributed by atoms with Gasteiger partial charge in [-0.25, -0.2) is 0 Å². The fraction of sp³-hybridized carbons (Fsp3) is 0.385. The van der Waals surface area contributed by atoms with Crippen molar-refractivity contribution in [2.45, 2.75) is 45.6 Å². The molecule has 0 aliphatic carbocycles. The fourth-order valence-corrected chi connectivity index (χ4v) is 4.51. The lowest BCUT2D eigenvalue weighted by atomic mass is 9.92. The van der Waals surface area contributed by atoms with E-state index < -0.39 is 0 Å². The Hall–Kier alpha value is -2.68. The number of hydrogen-bond donors (Lipinski definition) is 0. The maximum Gasteiger partial charge on any atom is 0.0481 e. The second-order valence-corrected chi connectivity index (χ2v) is 8.77. The molecule has 0 saturated heterocycles. The van der Waals surface area contributed by atoms with Crippen LogP contribution >= 0.6 is 0 Å². The van der Waals surface area contributed by atoms with Gasteiger partial charge >= 0.3 is 0 Å². The van der Waals surface area contributed by atoms with E-state index in [1.54, 1.807) is 0 Å². The van der Waals surface area contributed by atoms with Gasteiger partial charge in [0.1, 0.15) is 0 Å². The number of aryl methyl sites for hydroxylation is 4. The zero-order valence-corrected chi connectivity index (χ0v) is 18.4. The molecule has 0 spiro atoms. The lowest BCUT2D eigenvalue weighted by Crippen LogP contribution is -2.36. The van der Waals surface area contributed by atoms with E-state index in [1.165, 1.54) is 58.6 Å². The molecule has 0 fully saturated rings. The van der Waals surface area contributed by atoms with Gasteiger partial charge in [-0.05, 0) is 92.1 Å². The molecule has 152 valence electrons. The lowest BCUT2D eigenvalue weighted by Gasteiger charge is -2.36. The standard InChI is InChI=1S/C26H33N3/c1-19-6-7-20(2)26(16-19)29-15-14-21(18-29)8-10-23-11-9-22-17-24(27(3)4)12-13-25(22)28(23)5/h6-7,12-18,23H,8-11H2,1-5H3. The smallest absolute Gasteiger partial charge is 0.0481 e. The number of benzene rings is 2.